The van der Waals surface area contributed by atoms with E-state index in [0.29, 0.717) is 22.7 Å². The minimum atomic E-state index is -0.994. The molecule has 0 saturated carbocycles. The number of amides is 1. The van der Waals surface area contributed by atoms with Crippen molar-refractivity contribution in [3.63, 3.8) is 0 Å². The number of ether oxygens (including phenoxy) is 3. The van der Waals surface area contributed by atoms with Gasteiger partial charge in [-0.15, -0.1) is 0 Å². The summed E-state index contributed by atoms with van der Waals surface area (Å²) in [6, 6.07) is 13.2. The van der Waals surface area contributed by atoms with Crippen LogP contribution >= 0.6 is 0 Å². The molecule has 7 nitrogen and oxygen atoms in total. The van der Waals surface area contributed by atoms with Crippen molar-refractivity contribution >= 4 is 23.3 Å². The van der Waals surface area contributed by atoms with Crippen LogP contribution in [0.4, 0.5) is 5.69 Å². The van der Waals surface area contributed by atoms with Gasteiger partial charge in [-0.05, 0) is 50.2 Å². The zero-order chi connectivity index (χ0) is 19.8. The maximum Gasteiger partial charge on any atom is 0.344 e. The average Bonchev–Trinajstić information content (AvgIpc) is 2.67. The molecule has 0 unspecified atom stereocenters. The van der Waals surface area contributed by atoms with Crippen LogP contribution in [-0.2, 0) is 14.3 Å². The molecule has 27 heavy (non-hydrogen) atoms. The van der Waals surface area contributed by atoms with Gasteiger partial charge in [-0.2, -0.15) is 0 Å². The summed E-state index contributed by atoms with van der Waals surface area (Å²) >= 11 is 0. The fourth-order valence-electron chi connectivity index (χ4n) is 2.15. The molecule has 0 fully saturated rings. The normalized spacial score (nSPS) is 11.2. The van der Waals surface area contributed by atoms with Gasteiger partial charge >= 0.3 is 5.97 Å². The van der Waals surface area contributed by atoms with Crippen molar-refractivity contribution in [2.75, 3.05) is 19.0 Å². The predicted octanol–water partition coefficient (Wildman–Crippen LogP) is 2.85. The van der Waals surface area contributed by atoms with Crippen molar-refractivity contribution in [2.24, 2.45) is 0 Å². The maximum absolute atomic E-state index is 12.1. The summed E-state index contributed by atoms with van der Waals surface area (Å²) in [6.45, 7) is 2.53. The molecule has 142 valence electrons. The minimum absolute atomic E-state index is 0.105. The molecule has 0 saturated heterocycles. The monoisotopic (exact) mass is 371 g/mol. The van der Waals surface area contributed by atoms with Gasteiger partial charge in [-0.3, -0.25) is 9.59 Å². The molecule has 1 atom stereocenters. The number of anilines is 1. The molecule has 1 N–H and O–H groups in total. The van der Waals surface area contributed by atoms with Crippen LogP contribution in [-0.4, -0.2) is 37.5 Å². The molecule has 7 heteroatoms. The summed E-state index contributed by atoms with van der Waals surface area (Å²) in [4.78, 5) is 35.3. The largest absolute Gasteiger partial charge is 0.497 e. The summed E-state index contributed by atoms with van der Waals surface area (Å²) in [5.74, 6) is -0.229. The molecule has 0 bridgehead atoms. The van der Waals surface area contributed by atoms with Crippen molar-refractivity contribution in [3.8, 4) is 11.5 Å². The first-order chi connectivity index (χ1) is 12.9. The standard InChI is InChI=1S/C20H21NO6/c1-13(22)15-5-4-6-18(11-15)26-12-19(23)27-14(2)20(24)21-16-7-9-17(25-3)10-8-16/h4-11,14H,12H2,1-3H3,(H,21,24)/t14-/m0/s1. The molecular formula is C20H21NO6. The number of nitrogens with one attached hydrogen (secondary N) is 1. The molecule has 2 rings (SSSR count). The lowest BCUT2D eigenvalue weighted by molar-refractivity contribution is -0.155. The van der Waals surface area contributed by atoms with Gasteiger partial charge < -0.3 is 19.5 Å². The number of hydrogen-bond donors (Lipinski definition) is 1. The molecule has 0 aliphatic carbocycles. The van der Waals surface area contributed by atoms with Crippen molar-refractivity contribution < 1.29 is 28.6 Å². The van der Waals surface area contributed by atoms with Crippen molar-refractivity contribution in [2.45, 2.75) is 20.0 Å². The van der Waals surface area contributed by atoms with Gasteiger partial charge in [0.1, 0.15) is 11.5 Å². The highest BCUT2D eigenvalue weighted by Gasteiger charge is 2.18. The number of methoxy groups -OCH3 is 1. The average molecular weight is 371 g/mol. The predicted molar refractivity (Wildman–Crippen MR) is 99.1 cm³/mol. The van der Waals surface area contributed by atoms with Gasteiger partial charge in [0.2, 0.25) is 0 Å². The second-order valence-corrected chi connectivity index (χ2v) is 5.72. The number of Topliss-reactive ketones (excluding diaryl/α,β-unsaturated/α-hetero) is 1. The summed E-state index contributed by atoms with van der Waals surface area (Å²) in [5.41, 5.74) is 1.04. The molecule has 0 aliphatic heterocycles. The first-order valence-electron chi connectivity index (χ1n) is 8.27. The fourth-order valence-corrected chi connectivity index (χ4v) is 2.15. The van der Waals surface area contributed by atoms with Crippen molar-refractivity contribution in [1.29, 1.82) is 0 Å². The van der Waals surface area contributed by atoms with Gasteiger partial charge in [0.05, 0.1) is 7.11 Å². The number of benzene rings is 2. The Morgan fingerprint density at radius 3 is 2.37 bits per heavy atom. The Balaban J connectivity index is 1.82. The maximum atomic E-state index is 12.1. The van der Waals surface area contributed by atoms with E-state index < -0.39 is 18.0 Å². The van der Waals surface area contributed by atoms with E-state index in [1.165, 1.54) is 19.9 Å². The topological polar surface area (TPSA) is 90.9 Å². The molecule has 2 aromatic rings. The highest BCUT2D eigenvalue weighted by Crippen LogP contribution is 2.16. The van der Waals surface area contributed by atoms with Crippen LogP contribution in [0, 0.1) is 0 Å². The number of rotatable bonds is 8. The van der Waals surface area contributed by atoms with E-state index in [1.807, 2.05) is 0 Å². The Bertz CT molecular complexity index is 815. The van der Waals surface area contributed by atoms with E-state index in [-0.39, 0.29) is 12.4 Å². The van der Waals surface area contributed by atoms with Crippen LogP contribution in [0.5, 0.6) is 11.5 Å². The third-order valence-corrected chi connectivity index (χ3v) is 3.63. The Morgan fingerprint density at radius 1 is 1.04 bits per heavy atom. The van der Waals surface area contributed by atoms with E-state index in [4.69, 9.17) is 14.2 Å². The third-order valence-electron chi connectivity index (χ3n) is 3.63. The van der Waals surface area contributed by atoms with E-state index in [1.54, 1.807) is 49.6 Å². The van der Waals surface area contributed by atoms with Crippen LogP contribution < -0.4 is 14.8 Å². The molecular weight excluding hydrogens is 350 g/mol. The van der Waals surface area contributed by atoms with Crippen LogP contribution in [0.3, 0.4) is 0 Å². The summed E-state index contributed by atoms with van der Waals surface area (Å²) in [6.07, 6.45) is -0.994. The number of carbonyl (C=O) groups is 3. The van der Waals surface area contributed by atoms with Crippen LogP contribution in [0.1, 0.15) is 24.2 Å². The SMILES string of the molecule is COc1ccc(NC(=O)[C@H](C)OC(=O)COc2cccc(C(C)=O)c2)cc1. The quantitative estimate of drug-likeness (QED) is 0.567. The molecule has 0 aliphatic rings. The van der Waals surface area contributed by atoms with E-state index in [9.17, 15) is 14.4 Å². The lowest BCUT2D eigenvalue weighted by atomic mass is 10.1. The Morgan fingerprint density at radius 2 is 1.74 bits per heavy atom. The van der Waals surface area contributed by atoms with Crippen LogP contribution in [0.15, 0.2) is 48.5 Å². The summed E-state index contributed by atoms with van der Waals surface area (Å²) in [5, 5.41) is 2.64. The molecule has 2 aromatic carbocycles. The van der Waals surface area contributed by atoms with Gasteiger partial charge in [0.15, 0.2) is 18.5 Å². The van der Waals surface area contributed by atoms with Crippen molar-refractivity contribution in [3.05, 3.63) is 54.1 Å². The van der Waals surface area contributed by atoms with Gasteiger partial charge in [-0.25, -0.2) is 4.79 Å². The fraction of sp³-hybridized carbons (Fsp3) is 0.250. The number of carbonyl (C=O) groups excluding carboxylic acids is 3. The molecule has 1 amide bonds. The third kappa shape index (κ3) is 6.14. The van der Waals surface area contributed by atoms with Gasteiger partial charge in [0.25, 0.3) is 5.91 Å². The van der Waals surface area contributed by atoms with E-state index in [0.717, 1.165) is 0 Å². The number of hydrogen-bond acceptors (Lipinski definition) is 6. The summed E-state index contributed by atoms with van der Waals surface area (Å²) in [7, 11) is 1.55. The molecule has 0 aromatic heterocycles. The zero-order valence-corrected chi connectivity index (χ0v) is 15.4. The lowest BCUT2D eigenvalue weighted by Crippen LogP contribution is -2.31. The lowest BCUT2D eigenvalue weighted by Gasteiger charge is -2.14. The van der Waals surface area contributed by atoms with Gasteiger partial charge in [0, 0.05) is 11.3 Å². The van der Waals surface area contributed by atoms with Crippen LogP contribution in [0.25, 0.3) is 0 Å². The smallest absolute Gasteiger partial charge is 0.344 e. The Hall–Kier alpha value is -3.35. The van der Waals surface area contributed by atoms with Gasteiger partial charge in [-0.1, -0.05) is 12.1 Å². The second-order valence-electron chi connectivity index (χ2n) is 5.72. The number of esters is 1. The highest BCUT2D eigenvalue weighted by atomic mass is 16.6. The zero-order valence-electron chi connectivity index (χ0n) is 15.4. The minimum Gasteiger partial charge on any atom is -0.497 e. The molecule has 0 radical (unpaired) electrons. The highest BCUT2D eigenvalue weighted by molar-refractivity contribution is 5.95. The molecule has 0 spiro atoms. The number of ketones is 1. The van der Waals surface area contributed by atoms with Crippen LogP contribution in [0.2, 0.25) is 0 Å². The summed E-state index contributed by atoms with van der Waals surface area (Å²) < 4.78 is 15.4. The van der Waals surface area contributed by atoms with Crippen molar-refractivity contribution in [1.82, 2.24) is 0 Å². The van der Waals surface area contributed by atoms with E-state index in [2.05, 4.69) is 5.32 Å². The molecule has 0 heterocycles. The van der Waals surface area contributed by atoms with E-state index >= 15 is 0 Å². The Labute approximate surface area is 157 Å². The first kappa shape index (κ1) is 20.0. The Kier molecular flexibility index (Phi) is 6.93. The second kappa shape index (κ2) is 9.38. The first-order valence-corrected chi connectivity index (χ1v) is 8.27.